The van der Waals surface area contributed by atoms with Gasteiger partial charge >= 0.3 is 12.1 Å². The van der Waals surface area contributed by atoms with Crippen molar-refractivity contribution in [2.24, 2.45) is 4.99 Å². The van der Waals surface area contributed by atoms with Crippen LogP contribution < -0.4 is 4.74 Å². The van der Waals surface area contributed by atoms with Crippen LogP contribution in [0.25, 0.3) is 6.08 Å². The number of hydrogen-bond donors (Lipinski definition) is 0. The topological polar surface area (TPSA) is 38.7 Å². The maximum atomic E-state index is 12.7. The van der Waals surface area contributed by atoms with Crippen molar-refractivity contribution in [3.05, 3.63) is 101 Å². The minimum atomic E-state index is -4.42. The van der Waals surface area contributed by atoms with Gasteiger partial charge < -0.3 is 4.74 Å². The van der Waals surface area contributed by atoms with Crippen LogP contribution in [0.1, 0.15) is 16.7 Å². The third-order valence-electron chi connectivity index (χ3n) is 3.94. The number of hydrogen-bond acceptors (Lipinski definition) is 3. The molecule has 0 heterocycles. The molecule has 0 aliphatic heterocycles. The molecule has 0 atom stereocenters. The highest BCUT2D eigenvalue weighted by molar-refractivity contribution is 6.32. The Labute approximate surface area is 176 Å². The van der Waals surface area contributed by atoms with E-state index in [1.54, 1.807) is 54.6 Å². The number of nitrogens with zero attached hydrogens (tertiary/aromatic N) is 1. The lowest BCUT2D eigenvalue weighted by molar-refractivity contribution is -0.137. The van der Waals surface area contributed by atoms with Gasteiger partial charge in [-0.2, -0.15) is 13.2 Å². The van der Waals surface area contributed by atoms with Crippen LogP contribution in [0.2, 0.25) is 5.02 Å². The Morgan fingerprint density at radius 3 is 2.40 bits per heavy atom. The summed E-state index contributed by atoms with van der Waals surface area (Å²) in [5, 5.41) is 0.519. The van der Waals surface area contributed by atoms with Crippen LogP contribution in [-0.2, 0) is 11.0 Å². The third-order valence-corrected chi connectivity index (χ3v) is 4.28. The summed E-state index contributed by atoms with van der Waals surface area (Å²) in [6.45, 7) is 0. The van der Waals surface area contributed by atoms with E-state index in [1.165, 1.54) is 24.4 Å². The quantitative estimate of drug-likeness (QED) is 0.195. The minimum absolute atomic E-state index is 0.185. The molecule has 0 saturated heterocycles. The molecule has 0 aliphatic rings. The van der Waals surface area contributed by atoms with E-state index in [0.29, 0.717) is 21.9 Å². The molecule has 0 saturated carbocycles. The summed E-state index contributed by atoms with van der Waals surface area (Å²) < 4.78 is 43.4. The molecule has 3 aromatic carbocycles. The number of alkyl halides is 3. The van der Waals surface area contributed by atoms with Crippen LogP contribution in [0.4, 0.5) is 18.9 Å². The Morgan fingerprint density at radius 2 is 1.70 bits per heavy atom. The van der Waals surface area contributed by atoms with E-state index in [0.717, 1.165) is 12.1 Å². The molecule has 0 unspecified atom stereocenters. The Morgan fingerprint density at radius 1 is 0.967 bits per heavy atom. The second-order valence-corrected chi connectivity index (χ2v) is 6.56. The van der Waals surface area contributed by atoms with Crippen molar-refractivity contribution in [3.63, 3.8) is 0 Å². The van der Waals surface area contributed by atoms with E-state index in [-0.39, 0.29) is 5.69 Å². The van der Waals surface area contributed by atoms with E-state index < -0.39 is 17.7 Å². The first-order valence-electron chi connectivity index (χ1n) is 8.77. The second-order valence-electron chi connectivity index (χ2n) is 6.15. The summed E-state index contributed by atoms with van der Waals surface area (Å²) >= 11 is 6.02. The summed E-state index contributed by atoms with van der Waals surface area (Å²) in [6, 6.07) is 18.2. The molecule has 7 heteroatoms. The van der Waals surface area contributed by atoms with Crippen molar-refractivity contribution in [2.45, 2.75) is 6.18 Å². The van der Waals surface area contributed by atoms with Crippen molar-refractivity contribution in [2.75, 3.05) is 0 Å². The zero-order valence-electron chi connectivity index (χ0n) is 15.4. The van der Waals surface area contributed by atoms with E-state index in [1.807, 2.05) is 0 Å². The van der Waals surface area contributed by atoms with Gasteiger partial charge in [-0.25, -0.2) is 4.79 Å². The maximum absolute atomic E-state index is 12.7. The number of rotatable bonds is 5. The molecule has 0 aliphatic carbocycles. The Kier molecular flexibility index (Phi) is 6.69. The van der Waals surface area contributed by atoms with Crippen molar-refractivity contribution in [1.29, 1.82) is 0 Å². The average Bonchev–Trinajstić information content (AvgIpc) is 2.72. The molecular formula is C23H15ClF3NO2. The predicted molar refractivity (Wildman–Crippen MR) is 111 cm³/mol. The van der Waals surface area contributed by atoms with Crippen molar-refractivity contribution >= 4 is 35.5 Å². The number of esters is 1. The van der Waals surface area contributed by atoms with Gasteiger partial charge in [0.1, 0.15) is 5.75 Å². The number of carbonyl (C=O) groups excluding carboxylic acids is 1. The van der Waals surface area contributed by atoms with E-state index in [4.69, 9.17) is 16.3 Å². The van der Waals surface area contributed by atoms with Crippen LogP contribution in [0.15, 0.2) is 83.9 Å². The summed E-state index contributed by atoms with van der Waals surface area (Å²) in [5.74, 6) is -0.250. The molecular weight excluding hydrogens is 415 g/mol. The van der Waals surface area contributed by atoms with Crippen molar-refractivity contribution < 1.29 is 22.7 Å². The maximum Gasteiger partial charge on any atom is 0.416 e. The smallest absolute Gasteiger partial charge is 0.416 e. The lowest BCUT2D eigenvalue weighted by Gasteiger charge is -2.06. The highest BCUT2D eigenvalue weighted by atomic mass is 35.5. The SMILES string of the molecule is O=C(C=Cc1ccccc1Cl)Oc1ccc(C=Nc2cccc(C(F)(F)F)c2)cc1. The second kappa shape index (κ2) is 9.41. The zero-order chi connectivity index (χ0) is 21.6. The van der Waals surface area contributed by atoms with Gasteiger partial charge in [-0.15, -0.1) is 0 Å². The van der Waals surface area contributed by atoms with Gasteiger partial charge in [-0.3, -0.25) is 4.99 Å². The molecule has 3 rings (SSSR count). The summed E-state index contributed by atoms with van der Waals surface area (Å²) in [6.07, 6.45) is -0.166. The molecule has 0 radical (unpaired) electrons. The normalized spacial score (nSPS) is 11.9. The Hall–Kier alpha value is -3.38. The molecule has 0 aromatic heterocycles. The third kappa shape index (κ3) is 6.06. The van der Waals surface area contributed by atoms with Crippen LogP contribution in [0.3, 0.4) is 0 Å². The first-order valence-corrected chi connectivity index (χ1v) is 9.15. The molecule has 0 fully saturated rings. The largest absolute Gasteiger partial charge is 0.423 e. The van der Waals surface area contributed by atoms with Crippen molar-refractivity contribution in [1.82, 2.24) is 0 Å². The molecule has 3 aromatic rings. The van der Waals surface area contributed by atoms with Crippen LogP contribution >= 0.6 is 11.6 Å². The van der Waals surface area contributed by atoms with Gasteiger partial charge in [0.05, 0.1) is 11.3 Å². The molecule has 0 amide bonds. The highest BCUT2D eigenvalue weighted by Crippen LogP contribution is 2.31. The fourth-order valence-electron chi connectivity index (χ4n) is 2.45. The molecule has 152 valence electrons. The standard InChI is InChI=1S/C23H15ClF3NO2/c24-21-7-2-1-4-17(21)10-13-22(29)30-20-11-8-16(9-12-20)15-28-19-6-3-5-18(14-19)23(25,26)27/h1-15H. The lowest BCUT2D eigenvalue weighted by Crippen LogP contribution is -2.03. The van der Waals surface area contributed by atoms with Gasteiger partial charge in [0.2, 0.25) is 0 Å². The predicted octanol–water partition coefficient (Wildman–Crippen LogP) is 6.73. The number of ether oxygens (including phenoxy) is 1. The summed E-state index contributed by atoms with van der Waals surface area (Å²) in [7, 11) is 0. The Balaban J connectivity index is 1.62. The highest BCUT2D eigenvalue weighted by Gasteiger charge is 2.30. The minimum Gasteiger partial charge on any atom is -0.423 e. The average molecular weight is 430 g/mol. The number of carbonyl (C=O) groups is 1. The molecule has 0 spiro atoms. The van der Waals surface area contributed by atoms with Crippen LogP contribution in [0, 0.1) is 0 Å². The fraction of sp³-hybridized carbons (Fsp3) is 0.0435. The first-order chi connectivity index (χ1) is 14.3. The van der Waals surface area contributed by atoms with Gasteiger partial charge in [0.25, 0.3) is 0 Å². The van der Waals surface area contributed by atoms with E-state index in [2.05, 4.69) is 4.99 Å². The summed E-state index contributed by atoms with van der Waals surface area (Å²) in [4.78, 5) is 16.0. The number of aliphatic imine (C=N–C) groups is 1. The Bertz CT molecular complexity index is 1090. The molecule has 3 nitrogen and oxygen atoms in total. The zero-order valence-corrected chi connectivity index (χ0v) is 16.2. The fourth-order valence-corrected chi connectivity index (χ4v) is 2.65. The van der Waals surface area contributed by atoms with Gasteiger partial charge in [-0.1, -0.05) is 35.9 Å². The number of benzene rings is 3. The van der Waals surface area contributed by atoms with Crippen molar-refractivity contribution in [3.8, 4) is 5.75 Å². The molecule has 30 heavy (non-hydrogen) atoms. The molecule has 0 N–H and O–H groups in total. The van der Waals surface area contributed by atoms with Crippen LogP contribution in [-0.4, -0.2) is 12.2 Å². The lowest BCUT2D eigenvalue weighted by atomic mass is 10.2. The van der Waals surface area contributed by atoms with Crippen LogP contribution in [0.5, 0.6) is 5.75 Å². The monoisotopic (exact) mass is 429 g/mol. The van der Waals surface area contributed by atoms with Gasteiger partial charge in [-0.05, 0) is 65.7 Å². The molecule has 0 bridgehead atoms. The summed E-state index contributed by atoms with van der Waals surface area (Å²) in [5.41, 5.74) is 0.755. The van der Waals surface area contributed by atoms with E-state index >= 15 is 0 Å². The number of halogens is 4. The van der Waals surface area contributed by atoms with Gasteiger partial charge in [0.15, 0.2) is 0 Å². The van der Waals surface area contributed by atoms with E-state index in [9.17, 15) is 18.0 Å². The first kappa shape index (κ1) is 21.3. The van der Waals surface area contributed by atoms with Gasteiger partial charge in [0, 0.05) is 17.3 Å².